The molecule has 0 radical (unpaired) electrons. The minimum absolute atomic E-state index is 0.493. The van der Waals surface area contributed by atoms with Gasteiger partial charge in [-0.2, -0.15) is 4.98 Å². The molecule has 1 aromatic rings. The van der Waals surface area contributed by atoms with Crippen molar-refractivity contribution in [2.45, 2.75) is 13.8 Å². The number of aromatic nitrogens is 1. The van der Waals surface area contributed by atoms with Crippen LogP contribution in [-0.2, 0) is 4.79 Å². The number of amides is 1. The molecule has 4 nitrogen and oxygen atoms in total. The highest BCUT2D eigenvalue weighted by atomic mass is 16.4. The summed E-state index contributed by atoms with van der Waals surface area (Å²) >= 11 is 0. The molecule has 1 heterocycles. The number of rotatable bonds is 2. The van der Waals surface area contributed by atoms with Crippen LogP contribution in [0.4, 0.5) is 5.82 Å². The van der Waals surface area contributed by atoms with Gasteiger partial charge in [-0.15, -0.1) is 0 Å². The second kappa shape index (κ2) is 2.51. The Labute approximate surface area is 58.3 Å². The lowest BCUT2D eigenvalue weighted by molar-refractivity contribution is -0.105. The van der Waals surface area contributed by atoms with Crippen molar-refractivity contribution < 1.29 is 9.21 Å². The van der Waals surface area contributed by atoms with Gasteiger partial charge in [0.2, 0.25) is 6.41 Å². The van der Waals surface area contributed by atoms with Gasteiger partial charge in [0.1, 0.15) is 5.76 Å². The number of carbonyl (C=O) groups excluding carboxylic acids is 1. The quantitative estimate of drug-likeness (QED) is 0.620. The summed E-state index contributed by atoms with van der Waals surface area (Å²) in [6.07, 6.45) is 0.574. The van der Waals surface area contributed by atoms with Gasteiger partial charge in [0.05, 0.1) is 0 Å². The van der Waals surface area contributed by atoms with E-state index in [0.29, 0.717) is 23.9 Å². The molecule has 1 aromatic heterocycles. The molecular weight excluding hydrogens is 132 g/mol. The number of hydrogen-bond donors (Lipinski definition) is 1. The Hall–Kier alpha value is -1.32. The fourth-order valence-electron chi connectivity index (χ4n) is 0.719. The van der Waals surface area contributed by atoms with E-state index in [1.807, 2.05) is 0 Å². The van der Waals surface area contributed by atoms with Crippen LogP contribution in [0.2, 0.25) is 0 Å². The minimum Gasteiger partial charge on any atom is -0.444 e. The van der Waals surface area contributed by atoms with Crippen molar-refractivity contribution in [3.8, 4) is 0 Å². The lowest BCUT2D eigenvalue weighted by Gasteiger charge is -1.87. The molecular formula is C6H8N2O2. The summed E-state index contributed by atoms with van der Waals surface area (Å²) in [7, 11) is 0. The summed E-state index contributed by atoms with van der Waals surface area (Å²) in [5.74, 6) is 1.68. The SMILES string of the molecule is Cc1nc(NC=O)c(C)o1. The zero-order valence-corrected chi connectivity index (χ0v) is 5.84. The van der Waals surface area contributed by atoms with Crippen LogP contribution in [0.1, 0.15) is 11.7 Å². The predicted molar refractivity (Wildman–Crippen MR) is 35.7 cm³/mol. The third-order valence-electron chi connectivity index (χ3n) is 1.10. The first-order valence-corrected chi connectivity index (χ1v) is 2.88. The van der Waals surface area contributed by atoms with Gasteiger partial charge in [-0.3, -0.25) is 4.79 Å². The Morgan fingerprint density at radius 2 is 2.30 bits per heavy atom. The van der Waals surface area contributed by atoms with Crippen molar-refractivity contribution in [3.05, 3.63) is 11.7 Å². The van der Waals surface area contributed by atoms with Gasteiger partial charge < -0.3 is 9.73 Å². The van der Waals surface area contributed by atoms with E-state index in [2.05, 4.69) is 10.3 Å². The lowest BCUT2D eigenvalue weighted by atomic mass is 10.5. The normalized spacial score (nSPS) is 9.40. The highest BCUT2D eigenvalue weighted by Gasteiger charge is 2.03. The molecule has 1 N–H and O–H groups in total. The van der Waals surface area contributed by atoms with Crippen molar-refractivity contribution >= 4 is 12.2 Å². The van der Waals surface area contributed by atoms with Crippen LogP contribution >= 0.6 is 0 Å². The molecule has 54 valence electrons. The molecule has 0 aliphatic rings. The summed E-state index contributed by atoms with van der Waals surface area (Å²) in [6, 6.07) is 0. The molecule has 0 aromatic carbocycles. The molecule has 0 aliphatic heterocycles. The summed E-state index contributed by atoms with van der Waals surface area (Å²) in [4.78, 5) is 13.8. The number of nitrogens with one attached hydrogen (secondary N) is 1. The molecule has 0 saturated carbocycles. The van der Waals surface area contributed by atoms with Gasteiger partial charge in [-0.1, -0.05) is 0 Å². The number of oxazole rings is 1. The van der Waals surface area contributed by atoms with Gasteiger partial charge in [-0.05, 0) is 6.92 Å². The van der Waals surface area contributed by atoms with Crippen LogP contribution in [0.25, 0.3) is 0 Å². The van der Waals surface area contributed by atoms with Crippen molar-refractivity contribution in [2.24, 2.45) is 0 Å². The number of anilines is 1. The summed E-state index contributed by atoms with van der Waals surface area (Å²) in [6.45, 7) is 3.47. The third kappa shape index (κ3) is 1.15. The average molecular weight is 140 g/mol. The first-order valence-electron chi connectivity index (χ1n) is 2.88. The van der Waals surface area contributed by atoms with E-state index in [-0.39, 0.29) is 0 Å². The summed E-state index contributed by atoms with van der Waals surface area (Å²) in [5.41, 5.74) is 0. The first kappa shape index (κ1) is 6.80. The molecule has 0 spiro atoms. The summed E-state index contributed by atoms with van der Waals surface area (Å²) < 4.78 is 5.03. The van der Waals surface area contributed by atoms with Crippen LogP contribution in [0, 0.1) is 13.8 Å². The third-order valence-corrected chi connectivity index (χ3v) is 1.10. The maximum atomic E-state index is 9.94. The molecule has 4 heteroatoms. The largest absolute Gasteiger partial charge is 0.444 e. The number of aryl methyl sites for hydroxylation is 2. The lowest BCUT2D eigenvalue weighted by Crippen LogP contribution is -1.94. The van der Waals surface area contributed by atoms with E-state index < -0.39 is 0 Å². The monoisotopic (exact) mass is 140 g/mol. The Balaban J connectivity index is 2.91. The standard InChI is InChI=1S/C6H8N2O2/c1-4-6(7-3-9)8-5(2)10-4/h3H,1-2H3,(H,7,9). The fraction of sp³-hybridized carbons (Fsp3) is 0.333. The smallest absolute Gasteiger partial charge is 0.212 e. The van der Waals surface area contributed by atoms with E-state index in [1.54, 1.807) is 13.8 Å². The Kier molecular flexibility index (Phi) is 1.71. The van der Waals surface area contributed by atoms with Gasteiger partial charge in [0, 0.05) is 6.92 Å². The molecule has 0 bridgehead atoms. The number of nitrogens with zero attached hydrogens (tertiary/aromatic N) is 1. The van der Waals surface area contributed by atoms with Gasteiger partial charge >= 0.3 is 0 Å². The van der Waals surface area contributed by atoms with Crippen LogP contribution in [0.3, 0.4) is 0 Å². The van der Waals surface area contributed by atoms with Crippen LogP contribution in [-0.4, -0.2) is 11.4 Å². The molecule has 10 heavy (non-hydrogen) atoms. The van der Waals surface area contributed by atoms with Crippen LogP contribution in [0.5, 0.6) is 0 Å². The van der Waals surface area contributed by atoms with Crippen molar-refractivity contribution in [2.75, 3.05) is 5.32 Å². The van der Waals surface area contributed by atoms with Gasteiger partial charge in [-0.25, -0.2) is 0 Å². The molecule has 0 unspecified atom stereocenters. The number of hydrogen-bond acceptors (Lipinski definition) is 3. The van der Waals surface area contributed by atoms with Crippen molar-refractivity contribution in [1.29, 1.82) is 0 Å². The first-order chi connectivity index (χ1) is 4.74. The Morgan fingerprint density at radius 3 is 2.70 bits per heavy atom. The molecule has 0 aliphatic carbocycles. The zero-order valence-electron chi connectivity index (χ0n) is 5.84. The van der Waals surface area contributed by atoms with Crippen molar-refractivity contribution in [1.82, 2.24) is 4.98 Å². The second-order valence-corrected chi connectivity index (χ2v) is 1.90. The van der Waals surface area contributed by atoms with E-state index >= 15 is 0 Å². The molecule has 0 saturated heterocycles. The molecule has 0 fully saturated rings. The Bertz CT molecular complexity index is 242. The average Bonchev–Trinajstić information content (AvgIpc) is 2.13. The summed E-state index contributed by atoms with van der Waals surface area (Å²) in [5, 5.41) is 2.41. The fourth-order valence-corrected chi connectivity index (χ4v) is 0.719. The van der Waals surface area contributed by atoms with Gasteiger partial charge in [0.25, 0.3) is 0 Å². The molecule has 0 atom stereocenters. The van der Waals surface area contributed by atoms with Crippen LogP contribution in [0.15, 0.2) is 4.42 Å². The predicted octanol–water partition coefficient (Wildman–Crippen LogP) is 0.860. The van der Waals surface area contributed by atoms with E-state index in [1.165, 1.54) is 0 Å². The number of carbonyl (C=O) groups is 1. The van der Waals surface area contributed by atoms with E-state index in [9.17, 15) is 4.79 Å². The maximum absolute atomic E-state index is 9.94. The minimum atomic E-state index is 0.493. The van der Waals surface area contributed by atoms with E-state index in [0.717, 1.165) is 0 Å². The Morgan fingerprint density at radius 1 is 1.60 bits per heavy atom. The topological polar surface area (TPSA) is 55.1 Å². The molecule has 1 rings (SSSR count). The zero-order chi connectivity index (χ0) is 7.56. The molecule has 1 amide bonds. The van der Waals surface area contributed by atoms with E-state index in [4.69, 9.17) is 4.42 Å². The van der Waals surface area contributed by atoms with Gasteiger partial charge in [0.15, 0.2) is 11.7 Å². The van der Waals surface area contributed by atoms with Crippen LogP contribution < -0.4 is 5.32 Å². The highest BCUT2D eigenvalue weighted by Crippen LogP contribution is 2.12. The highest BCUT2D eigenvalue weighted by molar-refractivity contribution is 5.69. The van der Waals surface area contributed by atoms with Crippen molar-refractivity contribution in [3.63, 3.8) is 0 Å². The second-order valence-electron chi connectivity index (χ2n) is 1.90. The maximum Gasteiger partial charge on any atom is 0.212 e.